The van der Waals surface area contributed by atoms with Gasteiger partial charge < -0.3 is 5.32 Å². The van der Waals surface area contributed by atoms with Gasteiger partial charge >= 0.3 is 0 Å². The van der Waals surface area contributed by atoms with Crippen molar-refractivity contribution in [1.82, 2.24) is 20.1 Å². The average molecular weight is 374 g/mol. The Morgan fingerprint density at radius 3 is 2.81 bits per heavy atom. The van der Waals surface area contributed by atoms with Gasteiger partial charge in [-0.25, -0.2) is 13.2 Å². The molecule has 1 aliphatic rings. The van der Waals surface area contributed by atoms with Crippen molar-refractivity contribution in [2.45, 2.75) is 25.8 Å². The van der Waals surface area contributed by atoms with Crippen molar-refractivity contribution in [2.75, 3.05) is 6.54 Å². The molecule has 5 nitrogen and oxygen atoms in total. The van der Waals surface area contributed by atoms with Gasteiger partial charge in [-0.3, -0.25) is 14.5 Å². The molecule has 0 bridgehead atoms. The first-order valence-electron chi connectivity index (χ1n) is 8.70. The minimum Gasteiger partial charge on any atom is -0.356 e. The van der Waals surface area contributed by atoms with E-state index in [2.05, 4.69) is 15.4 Å². The van der Waals surface area contributed by atoms with Crippen LogP contribution in [0.1, 0.15) is 24.8 Å². The number of amides is 1. The van der Waals surface area contributed by atoms with Crippen LogP contribution in [0.5, 0.6) is 0 Å². The Morgan fingerprint density at radius 2 is 2.07 bits per heavy atom. The summed E-state index contributed by atoms with van der Waals surface area (Å²) in [7, 11) is 0. The van der Waals surface area contributed by atoms with Gasteiger partial charge in [-0.2, -0.15) is 5.10 Å². The molecule has 2 aromatic heterocycles. The Balaban J connectivity index is 1.64. The van der Waals surface area contributed by atoms with Crippen LogP contribution in [0.15, 0.2) is 36.7 Å². The molecule has 1 fully saturated rings. The van der Waals surface area contributed by atoms with Gasteiger partial charge in [0.15, 0.2) is 0 Å². The highest BCUT2D eigenvalue weighted by molar-refractivity contribution is 5.81. The van der Waals surface area contributed by atoms with Crippen molar-refractivity contribution in [2.24, 2.45) is 5.92 Å². The van der Waals surface area contributed by atoms with Gasteiger partial charge in [0.1, 0.15) is 11.3 Å². The average Bonchev–Trinajstić information content (AvgIpc) is 3.25. The summed E-state index contributed by atoms with van der Waals surface area (Å²) in [6.45, 7) is 1.25. The summed E-state index contributed by atoms with van der Waals surface area (Å²) >= 11 is 0. The SMILES string of the molecule is O=C1NCCC1CCn1ncc2ncc(-c3ccc(F)c(C(F)F)c3)cc21. The van der Waals surface area contributed by atoms with E-state index in [9.17, 15) is 18.0 Å². The zero-order chi connectivity index (χ0) is 19.0. The summed E-state index contributed by atoms with van der Waals surface area (Å²) in [5.74, 6) is -0.884. The van der Waals surface area contributed by atoms with E-state index >= 15 is 0 Å². The monoisotopic (exact) mass is 374 g/mol. The molecule has 0 saturated carbocycles. The van der Waals surface area contributed by atoms with Crippen LogP contribution in [-0.2, 0) is 11.3 Å². The second-order valence-electron chi connectivity index (χ2n) is 6.60. The van der Waals surface area contributed by atoms with E-state index in [1.165, 1.54) is 6.07 Å². The third kappa shape index (κ3) is 3.39. The molecule has 1 saturated heterocycles. The maximum atomic E-state index is 13.5. The highest BCUT2D eigenvalue weighted by atomic mass is 19.3. The Bertz CT molecular complexity index is 1000. The van der Waals surface area contributed by atoms with Crippen LogP contribution >= 0.6 is 0 Å². The molecular weight excluding hydrogens is 357 g/mol. The highest BCUT2D eigenvalue weighted by Crippen LogP contribution is 2.29. The van der Waals surface area contributed by atoms with Crippen LogP contribution in [0.3, 0.4) is 0 Å². The number of fused-ring (bicyclic) bond motifs is 1. The Labute approximate surface area is 153 Å². The van der Waals surface area contributed by atoms with Crippen LogP contribution in [0.25, 0.3) is 22.2 Å². The summed E-state index contributed by atoms with van der Waals surface area (Å²) in [5.41, 5.74) is 1.85. The molecular formula is C19H17F3N4O. The number of alkyl halides is 2. The van der Waals surface area contributed by atoms with E-state index < -0.39 is 17.8 Å². The molecule has 0 aliphatic carbocycles. The number of carbonyl (C=O) groups excluding carboxylic acids is 1. The molecule has 1 aliphatic heterocycles. The zero-order valence-corrected chi connectivity index (χ0v) is 14.3. The van der Waals surface area contributed by atoms with Gasteiger partial charge in [-0.05, 0) is 36.6 Å². The van der Waals surface area contributed by atoms with Crippen LogP contribution < -0.4 is 5.32 Å². The molecule has 1 amide bonds. The minimum absolute atomic E-state index is 0.0221. The highest BCUT2D eigenvalue weighted by Gasteiger charge is 2.24. The second kappa shape index (κ2) is 7.02. The Hall–Kier alpha value is -2.90. The number of benzene rings is 1. The number of pyridine rings is 1. The lowest BCUT2D eigenvalue weighted by atomic mass is 10.0. The van der Waals surface area contributed by atoms with Crippen LogP contribution in [-0.4, -0.2) is 27.2 Å². The van der Waals surface area contributed by atoms with E-state index in [1.54, 1.807) is 23.1 Å². The fourth-order valence-corrected chi connectivity index (χ4v) is 3.38. The molecule has 1 unspecified atom stereocenters. The first-order valence-corrected chi connectivity index (χ1v) is 8.70. The summed E-state index contributed by atoms with van der Waals surface area (Å²) < 4.78 is 41.2. The molecule has 3 aromatic rings. The summed E-state index contributed by atoms with van der Waals surface area (Å²) in [4.78, 5) is 16.0. The maximum absolute atomic E-state index is 13.5. The molecule has 1 N–H and O–H groups in total. The summed E-state index contributed by atoms with van der Waals surface area (Å²) in [5, 5.41) is 7.13. The normalized spacial score (nSPS) is 17.0. The lowest BCUT2D eigenvalue weighted by Crippen LogP contribution is -2.20. The first-order chi connectivity index (χ1) is 13.0. The molecule has 0 spiro atoms. The Morgan fingerprint density at radius 1 is 1.22 bits per heavy atom. The van der Waals surface area contributed by atoms with Gasteiger partial charge in [0, 0.05) is 30.8 Å². The van der Waals surface area contributed by atoms with Gasteiger partial charge in [-0.1, -0.05) is 6.07 Å². The van der Waals surface area contributed by atoms with Crippen molar-refractivity contribution in [3.8, 4) is 11.1 Å². The predicted molar refractivity (Wildman–Crippen MR) is 93.6 cm³/mol. The van der Waals surface area contributed by atoms with Crippen LogP contribution in [0.2, 0.25) is 0 Å². The lowest BCUT2D eigenvalue weighted by Gasteiger charge is -2.09. The van der Waals surface area contributed by atoms with E-state index in [-0.39, 0.29) is 11.8 Å². The van der Waals surface area contributed by atoms with Crippen molar-refractivity contribution in [3.05, 3.63) is 48.0 Å². The first kappa shape index (κ1) is 17.5. The number of aryl methyl sites for hydroxylation is 1. The van der Waals surface area contributed by atoms with E-state index in [1.807, 2.05) is 0 Å². The number of nitrogens with one attached hydrogen (secondary N) is 1. The van der Waals surface area contributed by atoms with Crippen LogP contribution in [0, 0.1) is 11.7 Å². The molecule has 140 valence electrons. The molecule has 1 atom stereocenters. The number of rotatable bonds is 5. The fraction of sp³-hybridized carbons (Fsp3) is 0.316. The van der Waals surface area contributed by atoms with Crippen molar-refractivity contribution >= 4 is 16.9 Å². The number of aromatic nitrogens is 3. The maximum Gasteiger partial charge on any atom is 0.266 e. The van der Waals surface area contributed by atoms with Gasteiger partial charge in [0.2, 0.25) is 5.91 Å². The lowest BCUT2D eigenvalue weighted by molar-refractivity contribution is -0.122. The molecule has 3 heterocycles. The number of carbonyl (C=O) groups is 1. The predicted octanol–water partition coefficient (Wildman–Crippen LogP) is 3.70. The number of halogens is 3. The number of hydrogen-bond donors (Lipinski definition) is 1. The molecule has 8 heteroatoms. The van der Waals surface area contributed by atoms with Crippen molar-refractivity contribution in [3.63, 3.8) is 0 Å². The van der Waals surface area contributed by atoms with E-state index in [0.29, 0.717) is 36.2 Å². The minimum atomic E-state index is -2.88. The number of nitrogens with zero attached hydrogens (tertiary/aromatic N) is 3. The van der Waals surface area contributed by atoms with E-state index in [4.69, 9.17) is 0 Å². The topological polar surface area (TPSA) is 59.8 Å². The summed E-state index contributed by atoms with van der Waals surface area (Å²) in [6.07, 6.45) is 1.78. The number of hydrogen-bond acceptors (Lipinski definition) is 3. The summed E-state index contributed by atoms with van der Waals surface area (Å²) in [6, 6.07) is 5.43. The standard InChI is InChI=1S/C19H17F3N4O/c20-15-2-1-12(7-14(15)18(21)22)13-8-17-16(24-9-13)10-25-26(17)6-4-11-3-5-23-19(11)27/h1-2,7-11,18H,3-6H2,(H,23,27). The van der Waals surface area contributed by atoms with Gasteiger partial charge in [0.05, 0.1) is 17.3 Å². The zero-order valence-electron chi connectivity index (χ0n) is 14.3. The quantitative estimate of drug-likeness (QED) is 0.741. The van der Waals surface area contributed by atoms with E-state index in [0.717, 1.165) is 24.1 Å². The third-order valence-electron chi connectivity index (χ3n) is 4.91. The molecule has 4 rings (SSSR count). The van der Waals surface area contributed by atoms with Crippen molar-refractivity contribution < 1.29 is 18.0 Å². The van der Waals surface area contributed by atoms with Gasteiger partial charge in [0.25, 0.3) is 6.43 Å². The third-order valence-corrected chi connectivity index (χ3v) is 4.91. The largest absolute Gasteiger partial charge is 0.356 e. The van der Waals surface area contributed by atoms with Crippen molar-refractivity contribution in [1.29, 1.82) is 0 Å². The molecule has 0 radical (unpaired) electrons. The molecule has 1 aromatic carbocycles. The van der Waals surface area contributed by atoms with Crippen LogP contribution in [0.4, 0.5) is 13.2 Å². The fourth-order valence-electron chi connectivity index (χ4n) is 3.38. The smallest absolute Gasteiger partial charge is 0.266 e. The second-order valence-corrected chi connectivity index (χ2v) is 6.60. The molecule has 27 heavy (non-hydrogen) atoms. The van der Waals surface area contributed by atoms with Gasteiger partial charge in [-0.15, -0.1) is 0 Å². The Kier molecular flexibility index (Phi) is 4.55.